The summed E-state index contributed by atoms with van der Waals surface area (Å²) in [5, 5.41) is 15.8. The molecule has 0 radical (unpaired) electrons. The van der Waals surface area contributed by atoms with Gasteiger partial charge in [-0.3, -0.25) is 9.59 Å². The van der Waals surface area contributed by atoms with Crippen LogP contribution < -0.4 is 16.7 Å². The van der Waals surface area contributed by atoms with E-state index in [1.54, 1.807) is 17.6 Å². The largest absolute Gasteiger partial charge is 0.458 e. The first-order valence-electron chi connectivity index (χ1n) is 10.5. The van der Waals surface area contributed by atoms with Gasteiger partial charge in [0.25, 0.3) is 11.5 Å². The Kier molecular flexibility index (Phi) is 4.84. The molecule has 1 amide bonds. The SMILES string of the molecule is CC[C@@]1(O)C(=O)OCc2c1cc1n(c2=O)Cc2c-1nc1ccccc1c2/C=N\NC(=O)CN. The number of cyclic esters (lactones) is 1. The molecule has 3 aromatic rings. The number of esters is 1. The third-order valence-corrected chi connectivity index (χ3v) is 6.21. The molecule has 4 heterocycles. The number of nitrogens with two attached hydrogens (primary N) is 1. The lowest BCUT2D eigenvalue weighted by atomic mass is 9.86. The van der Waals surface area contributed by atoms with Gasteiger partial charge in [-0.15, -0.1) is 0 Å². The monoisotopic (exact) mass is 447 g/mol. The first-order chi connectivity index (χ1) is 15.9. The maximum atomic E-state index is 13.4. The zero-order chi connectivity index (χ0) is 23.3. The summed E-state index contributed by atoms with van der Waals surface area (Å²) < 4.78 is 6.67. The van der Waals surface area contributed by atoms with E-state index in [1.165, 1.54) is 6.21 Å². The van der Waals surface area contributed by atoms with E-state index in [2.05, 4.69) is 10.5 Å². The van der Waals surface area contributed by atoms with Gasteiger partial charge in [0, 0.05) is 22.1 Å². The van der Waals surface area contributed by atoms with Crippen molar-refractivity contribution in [2.45, 2.75) is 32.1 Å². The van der Waals surface area contributed by atoms with Crippen molar-refractivity contribution in [3.8, 4) is 11.4 Å². The minimum Gasteiger partial charge on any atom is -0.458 e. The Balaban J connectivity index is 1.74. The van der Waals surface area contributed by atoms with Gasteiger partial charge < -0.3 is 20.1 Å². The number of hydrogen-bond acceptors (Lipinski definition) is 8. The van der Waals surface area contributed by atoms with Crippen LogP contribution >= 0.6 is 0 Å². The minimum atomic E-state index is -1.89. The molecule has 33 heavy (non-hydrogen) atoms. The molecule has 10 nitrogen and oxygen atoms in total. The van der Waals surface area contributed by atoms with Crippen LogP contribution in [0.1, 0.15) is 35.6 Å². The van der Waals surface area contributed by atoms with Crippen molar-refractivity contribution in [3.05, 3.63) is 62.9 Å². The highest BCUT2D eigenvalue weighted by Crippen LogP contribution is 2.39. The summed E-state index contributed by atoms with van der Waals surface area (Å²) in [5.74, 6) is -1.20. The fourth-order valence-corrected chi connectivity index (χ4v) is 4.42. The molecule has 0 saturated carbocycles. The second-order valence-corrected chi connectivity index (χ2v) is 7.97. The highest BCUT2D eigenvalue weighted by Gasteiger charge is 2.45. The number of amides is 1. The van der Waals surface area contributed by atoms with Crippen LogP contribution in [0.4, 0.5) is 0 Å². The molecule has 2 aliphatic heterocycles. The van der Waals surface area contributed by atoms with Crippen LogP contribution in [0, 0.1) is 0 Å². The minimum absolute atomic E-state index is 0.0679. The molecular formula is C23H21N5O5. The number of pyridine rings is 2. The van der Waals surface area contributed by atoms with Crippen molar-refractivity contribution in [2.75, 3.05) is 6.54 Å². The van der Waals surface area contributed by atoms with Crippen LogP contribution in [0.25, 0.3) is 22.3 Å². The molecular weight excluding hydrogens is 426 g/mol. The normalized spacial score (nSPS) is 18.7. The van der Waals surface area contributed by atoms with Gasteiger partial charge in [-0.2, -0.15) is 5.10 Å². The molecule has 0 fully saturated rings. The number of nitrogens with one attached hydrogen (secondary N) is 1. The van der Waals surface area contributed by atoms with Crippen LogP contribution in [-0.2, 0) is 33.1 Å². The quantitative estimate of drug-likeness (QED) is 0.234. The standard InChI is InChI=1S/C23H21N5O5/c1-2-23(32)16-7-18-20-14(10-28(18)21(30)15(16)11-33-22(23)31)13(9-25-27-19(29)8-24)12-5-3-4-6-17(12)26-20/h3-7,9,32H,2,8,10-11,24H2,1H3,(H,27,29)/b25-9-/t23-/m0/s1. The lowest BCUT2D eigenvalue weighted by molar-refractivity contribution is -0.172. The second-order valence-electron chi connectivity index (χ2n) is 7.97. The lowest BCUT2D eigenvalue weighted by Crippen LogP contribution is -2.44. The predicted octanol–water partition coefficient (Wildman–Crippen LogP) is 0.488. The average Bonchev–Trinajstić information content (AvgIpc) is 3.20. The first kappa shape index (κ1) is 21.0. The predicted molar refractivity (Wildman–Crippen MR) is 119 cm³/mol. The van der Waals surface area contributed by atoms with Gasteiger partial charge in [0.15, 0.2) is 5.60 Å². The molecule has 0 spiro atoms. The molecule has 4 N–H and O–H groups in total. The summed E-state index contributed by atoms with van der Waals surface area (Å²) in [6, 6.07) is 9.09. The average molecular weight is 447 g/mol. The summed E-state index contributed by atoms with van der Waals surface area (Å²) in [6.45, 7) is 1.49. The molecule has 1 aromatic carbocycles. The number of hydrazone groups is 1. The van der Waals surface area contributed by atoms with E-state index >= 15 is 0 Å². The van der Waals surface area contributed by atoms with Gasteiger partial charge in [-0.1, -0.05) is 25.1 Å². The molecule has 10 heteroatoms. The number of para-hydroxylation sites is 1. The number of nitrogens with zero attached hydrogens (tertiary/aromatic N) is 3. The van der Waals surface area contributed by atoms with E-state index < -0.39 is 17.5 Å². The highest BCUT2D eigenvalue weighted by molar-refractivity contribution is 6.02. The van der Waals surface area contributed by atoms with Crippen LogP contribution in [0.3, 0.4) is 0 Å². The number of benzene rings is 1. The molecule has 5 rings (SSSR count). The number of carbonyl (C=O) groups is 2. The van der Waals surface area contributed by atoms with E-state index in [1.807, 2.05) is 24.3 Å². The fourth-order valence-electron chi connectivity index (χ4n) is 4.42. The molecule has 0 unspecified atom stereocenters. The van der Waals surface area contributed by atoms with Crippen LogP contribution in [0.5, 0.6) is 0 Å². The van der Waals surface area contributed by atoms with Gasteiger partial charge in [0.2, 0.25) is 0 Å². The molecule has 0 bridgehead atoms. The third kappa shape index (κ3) is 3.06. The summed E-state index contributed by atoms with van der Waals surface area (Å²) in [4.78, 5) is 42.0. The van der Waals surface area contributed by atoms with E-state index in [-0.39, 0.29) is 42.8 Å². The number of rotatable bonds is 4. The fraction of sp³-hybridized carbons (Fsp3) is 0.261. The maximum Gasteiger partial charge on any atom is 0.343 e. The van der Waals surface area contributed by atoms with E-state index in [4.69, 9.17) is 15.5 Å². The summed E-state index contributed by atoms with van der Waals surface area (Å²) in [6.07, 6.45) is 1.58. The Morgan fingerprint density at radius 1 is 1.36 bits per heavy atom. The summed E-state index contributed by atoms with van der Waals surface area (Å²) in [7, 11) is 0. The lowest BCUT2D eigenvalue weighted by Gasteiger charge is -2.31. The number of carbonyl (C=O) groups excluding carboxylic acids is 2. The maximum absolute atomic E-state index is 13.4. The molecule has 1 atom stereocenters. The first-order valence-corrected chi connectivity index (χ1v) is 10.5. The highest BCUT2D eigenvalue weighted by atomic mass is 16.6. The van der Waals surface area contributed by atoms with Gasteiger partial charge in [-0.05, 0) is 18.6 Å². The molecule has 2 aliphatic rings. The summed E-state index contributed by atoms with van der Waals surface area (Å²) >= 11 is 0. The number of fused-ring (bicyclic) bond motifs is 5. The van der Waals surface area contributed by atoms with Crippen molar-refractivity contribution in [2.24, 2.45) is 10.8 Å². The van der Waals surface area contributed by atoms with Crippen molar-refractivity contribution in [3.63, 3.8) is 0 Å². The topological polar surface area (TPSA) is 149 Å². The summed E-state index contributed by atoms with van der Waals surface area (Å²) in [5.41, 5.74) is 9.13. The zero-order valence-corrected chi connectivity index (χ0v) is 17.8. The van der Waals surface area contributed by atoms with Crippen LogP contribution in [0.2, 0.25) is 0 Å². The van der Waals surface area contributed by atoms with Crippen LogP contribution in [-0.4, -0.2) is 39.3 Å². The Morgan fingerprint density at radius 3 is 2.91 bits per heavy atom. The number of hydrogen-bond donors (Lipinski definition) is 3. The van der Waals surface area contributed by atoms with Crippen molar-refractivity contribution in [1.82, 2.24) is 15.0 Å². The van der Waals surface area contributed by atoms with Gasteiger partial charge >= 0.3 is 5.97 Å². The van der Waals surface area contributed by atoms with E-state index in [0.29, 0.717) is 22.5 Å². The van der Waals surface area contributed by atoms with Crippen molar-refractivity contribution < 1.29 is 19.4 Å². The Hall–Kier alpha value is -3.89. The smallest absolute Gasteiger partial charge is 0.343 e. The van der Waals surface area contributed by atoms with Gasteiger partial charge in [-0.25, -0.2) is 15.2 Å². The van der Waals surface area contributed by atoms with Gasteiger partial charge in [0.1, 0.15) is 6.61 Å². The van der Waals surface area contributed by atoms with Crippen LogP contribution in [0.15, 0.2) is 40.2 Å². The second kappa shape index (κ2) is 7.61. The van der Waals surface area contributed by atoms with Crippen molar-refractivity contribution in [1.29, 1.82) is 0 Å². The number of aromatic nitrogens is 2. The van der Waals surface area contributed by atoms with E-state index in [0.717, 1.165) is 10.9 Å². The van der Waals surface area contributed by atoms with Gasteiger partial charge in [0.05, 0.1) is 41.8 Å². The molecule has 2 aromatic heterocycles. The van der Waals surface area contributed by atoms with E-state index in [9.17, 15) is 19.5 Å². The van der Waals surface area contributed by atoms with Crippen molar-refractivity contribution >= 4 is 29.0 Å². The third-order valence-electron chi connectivity index (χ3n) is 6.21. The Bertz CT molecular complexity index is 1430. The Morgan fingerprint density at radius 2 is 2.15 bits per heavy atom. The molecule has 0 aliphatic carbocycles. The zero-order valence-electron chi connectivity index (χ0n) is 17.8. The molecule has 0 saturated heterocycles. The molecule has 168 valence electrons. The number of aliphatic hydroxyl groups is 1. The number of ether oxygens (including phenoxy) is 1. The Labute approximate surface area is 187 Å².